The van der Waals surface area contributed by atoms with Gasteiger partial charge in [0.25, 0.3) is 0 Å². The number of hydrogen-bond donors (Lipinski definition) is 0. The van der Waals surface area contributed by atoms with Gasteiger partial charge in [0.05, 0.1) is 5.69 Å². The Bertz CT molecular complexity index is 731. The zero-order valence-electron chi connectivity index (χ0n) is 15.3. The summed E-state index contributed by atoms with van der Waals surface area (Å²) in [5.41, 5.74) is -2.31. The molecule has 9 heteroatoms. The molecule has 25 heavy (non-hydrogen) atoms. The SMILES string of the molecule is Cc1nn(C)cc1S(=O)(=O)C(F)C1CCN(C(=O)OC(C)(C)C)CC1. The number of carbonyl (C=O) groups excluding carboxylic acids is 1. The Morgan fingerprint density at radius 3 is 2.36 bits per heavy atom. The molecule has 2 heterocycles. The van der Waals surface area contributed by atoms with Crippen LogP contribution in [0.15, 0.2) is 11.1 Å². The van der Waals surface area contributed by atoms with Gasteiger partial charge in [-0.3, -0.25) is 4.68 Å². The second kappa shape index (κ2) is 6.93. The summed E-state index contributed by atoms with van der Waals surface area (Å²) in [6, 6.07) is 0. The summed E-state index contributed by atoms with van der Waals surface area (Å²) in [6.45, 7) is 7.43. The monoisotopic (exact) mass is 375 g/mol. The molecule has 1 amide bonds. The number of rotatable bonds is 3. The Kier molecular flexibility index (Phi) is 5.46. The minimum atomic E-state index is -4.10. The third-order valence-electron chi connectivity index (χ3n) is 4.13. The van der Waals surface area contributed by atoms with Crippen molar-refractivity contribution in [1.29, 1.82) is 0 Å². The van der Waals surface area contributed by atoms with Crippen molar-refractivity contribution in [2.45, 2.75) is 56.5 Å². The average molecular weight is 375 g/mol. The summed E-state index contributed by atoms with van der Waals surface area (Å²) in [6.07, 6.45) is 1.43. The number of piperidine rings is 1. The van der Waals surface area contributed by atoms with Crippen molar-refractivity contribution in [3.05, 3.63) is 11.9 Å². The largest absolute Gasteiger partial charge is 0.444 e. The first-order valence-corrected chi connectivity index (χ1v) is 9.82. The van der Waals surface area contributed by atoms with Crippen LogP contribution in [0.4, 0.5) is 9.18 Å². The highest BCUT2D eigenvalue weighted by Crippen LogP contribution is 2.31. The van der Waals surface area contributed by atoms with Crippen LogP contribution >= 0.6 is 0 Å². The van der Waals surface area contributed by atoms with E-state index in [0.29, 0.717) is 0 Å². The molecule has 1 unspecified atom stereocenters. The maximum atomic E-state index is 14.8. The van der Waals surface area contributed by atoms with Gasteiger partial charge in [-0.1, -0.05) is 0 Å². The number of halogens is 1. The van der Waals surface area contributed by atoms with Gasteiger partial charge in [0.2, 0.25) is 15.3 Å². The van der Waals surface area contributed by atoms with Gasteiger partial charge in [-0.2, -0.15) is 5.10 Å². The van der Waals surface area contributed by atoms with Gasteiger partial charge in [0.1, 0.15) is 10.5 Å². The van der Waals surface area contributed by atoms with Crippen LogP contribution in [0.1, 0.15) is 39.3 Å². The van der Waals surface area contributed by atoms with Gasteiger partial charge < -0.3 is 9.64 Å². The molecule has 1 fully saturated rings. The number of amides is 1. The number of sulfone groups is 1. The maximum Gasteiger partial charge on any atom is 0.410 e. The van der Waals surface area contributed by atoms with E-state index in [0.717, 1.165) is 0 Å². The highest BCUT2D eigenvalue weighted by atomic mass is 32.2. The first kappa shape index (κ1) is 19.7. The van der Waals surface area contributed by atoms with Crippen molar-refractivity contribution in [1.82, 2.24) is 14.7 Å². The van der Waals surface area contributed by atoms with Crippen molar-refractivity contribution in [2.24, 2.45) is 13.0 Å². The van der Waals surface area contributed by atoms with Crippen LogP contribution in [0, 0.1) is 12.8 Å². The molecule has 142 valence electrons. The Morgan fingerprint density at radius 2 is 1.92 bits per heavy atom. The van der Waals surface area contributed by atoms with Crippen LogP contribution in [0.2, 0.25) is 0 Å². The Balaban J connectivity index is 2.03. The molecule has 0 aromatic carbocycles. The summed E-state index contributed by atoms with van der Waals surface area (Å²) in [5, 5.41) is 3.98. The molecule has 1 saturated heterocycles. The molecule has 0 aliphatic carbocycles. The van der Waals surface area contributed by atoms with Crippen LogP contribution in [0.25, 0.3) is 0 Å². The lowest BCUT2D eigenvalue weighted by molar-refractivity contribution is 0.0167. The fourth-order valence-corrected chi connectivity index (χ4v) is 4.68. The van der Waals surface area contributed by atoms with E-state index in [1.807, 2.05) is 0 Å². The number of alkyl halides is 1. The molecule has 0 spiro atoms. The van der Waals surface area contributed by atoms with Crippen molar-refractivity contribution < 1.29 is 22.3 Å². The van der Waals surface area contributed by atoms with Gasteiger partial charge in [-0.05, 0) is 40.5 Å². The summed E-state index contributed by atoms with van der Waals surface area (Å²) < 4.78 is 46.5. The highest BCUT2D eigenvalue weighted by molar-refractivity contribution is 7.92. The molecule has 1 atom stereocenters. The Labute approximate surface area is 148 Å². The molecule has 1 aromatic rings. The van der Waals surface area contributed by atoms with Crippen molar-refractivity contribution >= 4 is 15.9 Å². The minimum absolute atomic E-state index is 0.0722. The third-order valence-corrected chi connectivity index (χ3v) is 6.12. The molecule has 7 nitrogen and oxygen atoms in total. The van der Waals surface area contributed by atoms with Crippen LogP contribution in [-0.2, 0) is 21.6 Å². The molecule has 2 rings (SSSR count). The first-order chi connectivity index (χ1) is 11.4. The average Bonchev–Trinajstić information content (AvgIpc) is 2.84. The second-order valence-electron chi connectivity index (χ2n) is 7.45. The number of nitrogens with zero attached hydrogens (tertiary/aromatic N) is 3. The molecule has 0 N–H and O–H groups in total. The minimum Gasteiger partial charge on any atom is -0.444 e. The summed E-state index contributed by atoms with van der Waals surface area (Å²) in [7, 11) is -2.50. The Morgan fingerprint density at radius 1 is 1.36 bits per heavy atom. The van der Waals surface area contributed by atoms with Crippen molar-refractivity contribution in [2.75, 3.05) is 13.1 Å². The van der Waals surface area contributed by atoms with Crippen molar-refractivity contribution in [3.63, 3.8) is 0 Å². The smallest absolute Gasteiger partial charge is 0.410 e. The fourth-order valence-electron chi connectivity index (χ4n) is 2.90. The van der Waals surface area contributed by atoms with E-state index in [1.54, 1.807) is 34.7 Å². The molecule has 0 radical (unpaired) electrons. The third kappa shape index (κ3) is 4.50. The van der Waals surface area contributed by atoms with E-state index in [1.165, 1.54) is 15.8 Å². The van der Waals surface area contributed by atoms with Gasteiger partial charge in [0.15, 0.2) is 0 Å². The fraction of sp³-hybridized carbons (Fsp3) is 0.750. The number of ether oxygens (including phenoxy) is 1. The zero-order chi connectivity index (χ0) is 19.0. The zero-order valence-corrected chi connectivity index (χ0v) is 16.1. The van der Waals surface area contributed by atoms with Crippen LogP contribution in [0.5, 0.6) is 0 Å². The lowest BCUT2D eigenvalue weighted by Gasteiger charge is -2.34. The lowest BCUT2D eigenvalue weighted by atomic mass is 9.98. The van der Waals surface area contributed by atoms with E-state index >= 15 is 0 Å². The molecule has 0 bridgehead atoms. The Hall–Kier alpha value is -1.64. The number of hydrogen-bond acceptors (Lipinski definition) is 5. The predicted molar refractivity (Wildman–Crippen MR) is 90.6 cm³/mol. The summed E-state index contributed by atoms with van der Waals surface area (Å²) in [5.74, 6) is -0.650. The van der Waals surface area contributed by atoms with Gasteiger partial charge in [0, 0.05) is 32.3 Å². The van der Waals surface area contributed by atoms with E-state index in [9.17, 15) is 17.6 Å². The van der Waals surface area contributed by atoms with E-state index in [2.05, 4.69) is 5.10 Å². The van der Waals surface area contributed by atoms with Gasteiger partial charge in [-0.15, -0.1) is 0 Å². The topological polar surface area (TPSA) is 81.5 Å². The van der Waals surface area contributed by atoms with Gasteiger partial charge in [-0.25, -0.2) is 17.6 Å². The molecular formula is C16H26FN3O4S. The number of aryl methyl sites for hydroxylation is 2. The maximum absolute atomic E-state index is 14.8. The lowest BCUT2D eigenvalue weighted by Crippen LogP contribution is -2.44. The molecule has 1 aliphatic rings. The highest BCUT2D eigenvalue weighted by Gasteiger charge is 2.39. The molecule has 1 aromatic heterocycles. The first-order valence-electron chi connectivity index (χ1n) is 8.28. The van der Waals surface area contributed by atoms with E-state index in [4.69, 9.17) is 4.74 Å². The predicted octanol–water partition coefficient (Wildman–Crippen LogP) is 2.44. The van der Waals surface area contributed by atoms with Crippen LogP contribution < -0.4 is 0 Å². The quantitative estimate of drug-likeness (QED) is 0.810. The van der Waals surface area contributed by atoms with Crippen LogP contribution in [-0.4, -0.2) is 53.4 Å². The molecular weight excluding hydrogens is 349 g/mol. The molecule has 0 saturated carbocycles. The number of carbonyl (C=O) groups is 1. The van der Waals surface area contributed by atoms with Crippen LogP contribution in [0.3, 0.4) is 0 Å². The summed E-state index contributed by atoms with van der Waals surface area (Å²) >= 11 is 0. The molecule has 1 aliphatic heterocycles. The normalized spacial score (nSPS) is 18.2. The number of likely N-dealkylation sites (tertiary alicyclic amines) is 1. The second-order valence-corrected chi connectivity index (χ2v) is 9.43. The van der Waals surface area contributed by atoms with Crippen molar-refractivity contribution in [3.8, 4) is 0 Å². The number of aromatic nitrogens is 2. The van der Waals surface area contributed by atoms with Gasteiger partial charge >= 0.3 is 6.09 Å². The van der Waals surface area contributed by atoms with E-state index in [-0.39, 0.29) is 36.5 Å². The van der Waals surface area contributed by atoms with E-state index < -0.39 is 33.0 Å². The standard InChI is InChI=1S/C16H26FN3O4S/c1-11-13(10-19(5)18-11)25(22,23)14(17)12-6-8-20(9-7-12)15(21)24-16(2,3)4/h10,12,14H,6-9H2,1-5H3. The summed E-state index contributed by atoms with van der Waals surface area (Å²) in [4.78, 5) is 13.5.